The molecule has 0 unspecified atom stereocenters. The molecular formula is C14H9F3N4. The quantitative estimate of drug-likeness (QED) is 0.738. The number of hydrogen-bond donors (Lipinski definition) is 1. The molecule has 0 aliphatic heterocycles. The van der Waals surface area contributed by atoms with Crippen molar-refractivity contribution in [1.29, 1.82) is 0 Å². The van der Waals surface area contributed by atoms with Gasteiger partial charge in [-0.3, -0.25) is 4.57 Å². The Bertz CT molecular complexity index is 814. The van der Waals surface area contributed by atoms with E-state index in [9.17, 15) is 13.2 Å². The predicted octanol–water partition coefficient (Wildman–Crippen LogP) is 2.93. The fraction of sp³-hybridized carbons (Fsp3) is 0. The van der Waals surface area contributed by atoms with E-state index >= 15 is 0 Å². The number of halogens is 3. The Labute approximate surface area is 117 Å². The SMILES string of the molecule is Nc1cc(-c2cncn2-c2cc(F)c(F)cc2F)ccn1. The number of pyridine rings is 1. The molecule has 2 N–H and O–H groups in total. The molecule has 0 spiro atoms. The normalized spacial score (nSPS) is 10.8. The van der Waals surface area contributed by atoms with Gasteiger partial charge in [-0.1, -0.05) is 0 Å². The lowest BCUT2D eigenvalue weighted by molar-refractivity contribution is 0.493. The molecule has 0 saturated heterocycles. The Morgan fingerprint density at radius 2 is 1.76 bits per heavy atom. The van der Waals surface area contributed by atoms with Gasteiger partial charge < -0.3 is 5.73 Å². The van der Waals surface area contributed by atoms with E-state index in [1.54, 1.807) is 12.1 Å². The van der Waals surface area contributed by atoms with Crippen LogP contribution < -0.4 is 5.73 Å². The Morgan fingerprint density at radius 3 is 2.52 bits per heavy atom. The van der Waals surface area contributed by atoms with Gasteiger partial charge in [-0.2, -0.15) is 0 Å². The summed E-state index contributed by atoms with van der Waals surface area (Å²) >= 11 is 0. The molecule has 3 rings (SSSR count). The summed E-state index contributed by atoms with van der Waals surface area (Å²) in [6.45, 7) is 0. The lowest BCUT2D eigenvalue weighted by Crippen LogP contribution is -2.01. The zero-order valence-electron chi connectivity index (χ0n) is 10.6. The second-order valence-corrected chi connectivity index (χ2v) is 4.34. The van der Waals surface area contributed by atoms with Gasteiger partial charge >= 0.3 is 0 Å². The van der Waals surface area contributed by atoms with Crippen LogP contribution in [0.3, 0.4) is 0 Å². The van der Waals surface area contributed by atoms with Crippen LogP contribution in [0.5, 0.6) is 0 Å². The van der Waals surface area contributed by atoms with Gasteiger partial charge in [-0.25, -0.2) is 23.1 Å². The predicted molar refractivity (Wildman–Crippen MR) is 71.1 cm³/mol. The van der Waals surface area contributed by atoms with Gasteiger partial charge in [0.2, 0.25) is 0 Å². The van der Waals surface area contributed by atoms with Gasteiger partial charge in [0.25, 0.3) is 0 Å². The maximum atomic E-state index is 13.9. The average molecular weight is 290 g/mol. The molecule has 2 heterocycles. The van der Waals surface area contributed by atoms with E-state index in [2.05, 4.69) is 9.97 Å². The molecule has 0 amide bonds. The number of benzene rings is 1. The standard InChI is InChI=1S/C14H9F3N4/c15-9-4-11(17)12(5-10(9)16)21-7-19-6-13(21)8-1-2-20-14(18)3-8/h1-7H,(H2,18,20). The Morgan fingerprint density at radius 1 is 1.00 bits per heavy atom. The molecule has 0 aliphatic rings. The molecule has 0 aliphatic carbocycles. The first kappa shape index (κ1) is 13.2. The average Bonchev–Trinajstić information content (AvgIpc) is 2.92. The van der Waals surface area contributed by atoms with Crippen LogP contribution in [0.2, 0.25) is 0 Å². The summed E-state index contributed by atoms with van der Waals surface area (Å²) in [4.78, 5) is 7.78. The van der Waals surface area contributed by atoms with Crippen LogP contribution in [0.15, 0.2) is 43.0 Å². The van der Waals surface area contributed by atoms with Crippen molar-refractivity contribution in [3.8, 4) is 16.9 Å². The number of rotatable bonds is 2. The van der Waals surface area contributed by atoms with Gasteiger partial charge in [-0.05, 0) is 12.1 Å². The minimum atomic E-state index is -1.24. The maximum absolute atomic E-state index is 13.9. The summed E-state index contributed by atoms with van der Waals surface area (Å²) in [5.74, 6) is -2.99. The van der Waals surface area contributed by atoms with Crippen LogP contribution >= 0.6 is 0 Å². The number of hydrogen-bond acceptors (Lipinski definition) is 3. The highest BCUT2D eigenvalue weighted by atomic mass is 19.2. The summed E-state index contributed by atoms with van der Waals surface area (Å²) in [6.07, 6.45) is 4.26. The van der Waals surface area contributed by atoms with Crippen molar-refractivity contribution in [2.45, 2.75) is 0 Å². The van der Waals surface area contributed by atoms with Crippen LogP contribution in [-0.4, -0.2) is 14.5 Å². The van der Waals surface area contributed by atoms with Crippen LogP contribution in [0.4, 0.5) is 19.0 Å². The molecule has 0 bridgehead atoms. The van der Waals surface area contributed by atoms with E-state index in [-0.39, 0.29) is 11.5 Å². The third-order valence-corrected chi connectivity index (χ3v) is 2.96. The second-order valence-electron chi connectivity index (χ2n) is 4.34. The van der Waals surface area contributed by atoms with Crippen molar-refractivity contribution in [2.24, 2.45) is 0 Å². The van der Waals surface area contributed by atoms with Crippen molar-refractivity contribution in [3.63, 3.8) is 0 Å². The van der Waals surface area contributed by atoms with E-state index in [0.717, 1.165) is 6.07 Å². The molecule has 0 saturated carbocycles. The smallest absolute Gasteiger partial charge is 0.161 e. The van der Waals surface area contributed by atoms with E-state index in [1.807, 2.05) is 0 Å². The van der Waals surface area contributed by atoms with Crippen molar-refractivity contribution in [3.05, 3.63) is 60.4 Å². The Kier molecular flexibility index (Phi) is 3.09. The van der Waals surface area contributed by atoms with Crippen LogP contribution in [0.25, 0.3) is 16.9 Å². The minimum Gasteiger partial charge on any atom is -0.384 e. The fourth-order valence-corrected chi connectivity index (χ4v) is 2.00. The van der Waals surface area contributed by atoms with E-state index < -0.39 is 17.5 Å². The van der Waals surface area contributed by atoms with E-state index in [0.29, 0.717) is 17.3 Å². The molecule has 0 fully saturated rings. The maximum Gasteiger partial charge on any atom is 0.161 e. The highest BCUT2D eigenvalue weighted by molar-refractivity contribution is 5.64. The molecule has 106 valence electrons. The van der Waals surface area contributed by atoms with E-state index in [1.165, 1.54) is 23.3 Å². The fourth-order valence-electron chi connectivity index (χ4n) is 2.00. The molecule has 0 radical (unpaired) electrons. The number of aromatic nitrogens is 3. The second kappa shape index (κ2) is 4.93. The number of nitrogen functional groups attached to an aromatic ring is 1. The Hall–Kier alpha value is -2.83. The highest BCUT2D eigenvalue weighted by Crippen LogP contribution is 2.26. The Balaban J connectivity index is 2.18. The number of imidazole rings is 1. The molecule has 4 nitrogen and oxygen atoms in total. The molecule has 21 heavy (non-hydrogen) atoms. The molecule has 1 aromatic carbocycles. The largest absolute Gasteiger partial charge is 0.384 e. The minimum absolute atomic E-state index is 0.142. The molecular weight excluding hydrogens is 281 g/mol. The summed E-state index contributed by atoms with van der Waals surface area (Å²) in [6, 6.07) is 4.50. The third-order valence-electron chi connectivity index (χ3n) is 2.96. The van der Waals surface area contributed by atoms with Gasteiger partial charge in [0.1, 0.15) is 11.6 Å². The summed E-state index contributed by atoms with van der Waals surface area (Å²) in [5.41, 5.74) is 6.57. The summed E-state index contributed by atoms with van der Waals surface area (Å²) in [7, 11) is 0. The van der Waals surface area contributed by atoms with Gasteiger partial charge in [0.15, 0.2) is 11.6 Å². The number of anilines is 1. The lowest BCUT2D eigenvalue weighted by Gasteiger charge is -2.10. The summed E-state index contributed by atoms with van der Waals surface area (Å²) < 4.78 is 41.5. The van der Waals surface area contributed by atoms with Gasteiger partial charge in [0.05, 0.1) is 23.9 Å². The van der Waals surface area contributed by atoms with E-state index in [4.69, 9.17) is 5.73 Å². The van der Waals surface area contributed by atoms with Gasteiger partial charge in [-0.15, -0.1) is 0 Å². The molecule has 7 heteroatoms. The lowest BCUT2D eigenvalue weighted by atomic mass is 10.2. The van der Waals surface area contributed by atoms with Crippen molar-refractivity contribution < 1.29 is 13.2 Å². The molecule has 0 atom stereocenters. The van der Waals surface area contributed by atoms with Crippen LogP contribution in [-0.2, 0) is 0 Å². The first-order valence-electron chi connectivity index (χ1n) is 5.95. The van der Waals surface area contributed by atoms with Crippen molar-refractivity contribution in [2.75, 3.05) is 5.73 Å². The monoisotopic (exact) mass is 290 g/mol. The summed E-state index contributed by atoms with van der Waals surface area (Å²) in [5, 5.41) is 0. The highest BCUT2D eigenvalue weighted by Gasteiger charge is 2.15. The topological polar surface area (TPSA) is 56.7 Å². The first-order chi connectivity index (χ1) is 10.1. The third kappa shape index (κ3) is 2.33. The number of nitrogens with zero attached hydrogens (tertiary/aromatic N) is 3. The van der Waals surface area contributed by atoms with Crippen molar-refractivity contribution in [1.82, 2.24) is 14.5 Å². The number of nitrogens with two attached hydrogens (primary N) is 1. The first-order valence-corrected chi connectivity index (χ1v) is 5.95. The van der Waals surface area contributed by atoms with Crippen molar-refractivity contribution >= 4 is 5.82 Å². The van der Waals surface area contributed by atoms with Gasteiger partial charge in [0, 0.05) is 23.9 Å². The zero-order valence-corrected chi connectivity index (χ0v) is 10.6. The van der Waals surface area contributed by atoms with Crippen LogP contribution in [0.1, 0.15) is 0 Å². The molecule has 3 aromatic rings. The van der Waals surface area contributed by atoms with Crippen LogP contribution in [0, 0.1) is 17.5 Å². The zero-order chi connectivity index (χ0) is 15.0. The molecule has 2 aromatic heterocycles.